The van der Waals surface area contributed by atoms with E-state index >= 15 is 0 Å². The molecule has 152 valence electrons. The number of hydrogen-bond donors (Lipinski definition) is 2. The third-order valence-corrected chi connectivity index (χ3v) is 5.10. The molecule has 1 aromatic heterocycles. The number of H-pyrrole nitrogens is 1. The molecule has 6 nitrogen and oxygen atoms in total. The number of aromatic amines is 1. The Kier molecular flexibility index (Phi) is 7.19. The Labute approximate surface area is 175 Å². The SMILES string of the molecule is COc1ccc(-c2n[nH]c(=S)n2CCC(=O)NC(C)CCc2ccccc2)cc1. The summed E-state index contributed by atoms with van der Waals surface area (Å²) in [5, 5.41) is 10.2. The van der Waals surface area contributed by atoms with Crippen molar-refractivity contribution < 1.29 is 9.53 Å². The van der Waals surface area contributed by atoms with Crippen molar-refractivity contribution in [3.63, 3.8) is 0 Å². The Hall–Kier alpha value is -2.93. The van der Waals surface area contributed by atoms with Gasteiger partial charge in [0.15, 0.2) is 10.6 Å². The lowest BCUT2D eigenvalue weighted by molar-refractivity contribution is -0.121. The number of carbonyl (C=O) groups excluding carboxylic acids is 1. The van der Waals surface area contributed by atoms with E-state index in [1.165, 1.54) is 5.56 Å². The van der Waals surface area contributed by atoms with Crippen molar-refractivity contribution in [2.24, 2.45) is 0 Å². The average molecular weight is 411 g/mol. The van der Waals surface area contributed by atoms with Crippen LogP contribution >= 0.6 is 12.2 Å². The van der Waals surface area contributed by atoms with Gasteiger partial charge in [-0.05, 0) is 61.8 Å². The Morgan fingerprint density at radius 3 is 2.62 bits per heavy atom. The number of methoxy groups -OCH3 is 1. The van der Waals surface area contributed by atoms with Crippen LogP contribution in [0.25, 0.3) is 11.4 Å². The van der Waals surface area contributed by atoms with Crippen LogP contribution in [-0.2, 0) is 17.8 Å². The predicted molar refractivity (Wildman–Crippen MR) is 116 cm³/mol. The van der Waals surface area contributed by atoms with E-state index in [-0.39, 0.29) is 11.9 Å². The van der Waals surface area contributed by atoms with E-state index in [9.17, 15) is 4.79 Å². The summed E-state index contributed by atoms with van der Waals surface area (Å²) in [5.41, 5.74) is 2.19. The maximum Gasteiger partial charge on any atom is 0.222 e. The number of aryl methyl sites for hydroxylation is 1. The standard InChI is InChI=1S/C22H26N4O2S/c1-16(8-9-17-6-4-3-5-7-17)23-20(27)14-15-26-21(24-25-22(26)29)18-10-12-19(28-2)13-11-18/h3-7,10-13,16H,8-9,14-15H2,1-2H3,(H,23,27)(H,25,29). The van der Waals surface area contributed by atoms with Crippen molar-refractivity contribution in [2.45, 2.75) is 38.8 Å². The number of aromatic nitrogens is 3. The molecule has 0 fully saturated rings. The van der Waals surface area contributed by atoms with Crippen LogP contribution in [0.3, 0.4) is 0 Å². The number of benzene rings is 2. The maximum atomic E-state index is 12.4. The first-order chi connectivity index (χ1) is 14.1. The van der Waals surface area contributed by atoms with E-state index in [1.54, 1.807) is 7.11 Å². The van der Waals surface area contributed by atoms with Gasteiger partial charge in [0, 0.05) is 24.6 Å². The summed E-state index contributed by atoms with van der Waals surface area (Å²) in [4.78, 5) is 12.4. The van der Waals surface area contributed by atoms with Crippen LogP contribution in [0.4, 0.5) is 0 Å². The van der Waals surface area contributed by atoms with Crippen LogP contribution in [0.15, 0.2) is 54.6 Å². The van der Waals surface area contributed by atoms with E-state index < -0.39 is 0 Å². The summed E-state index contributed by atoms with van der Waals surface area (Å²) in [6.45, 7) is 2.50. The van der Waals surface area contributed by atoms with Crippen LogP contribution in [0.2, 0.25) is 0 Å². The summed E-state index contributed by atoms with van der Waals surface area (Å²) in [6.07, 6.45) is 2.18. The highest BCUT2D eigenvalue weighted by molar-refractivity contribution is 7.71. The van der Waals surface area contributed by atoms with Crippen molar-refractivity contribution in [1.29, 1.82) is 0 Å². The first-order valence-electron chi connectivity index (χ1n) is 9.69. The normalized spacial score (nSPS) is 11.8. The van der Waals surface area contributed by atoms with E-state index in [0.29, 0.717) is 23.6 Å². The molecular formula is C22H26N4O2S. The molecule has 2 aromatic carbocycles. The highest BCUT2D eigenvalue weighted by Crippen LogP contribution is 2.21. The second kappa shape index (κ2) is 10.0. The Morgan fingerprint density at radius 1 is 1.21 bits per heavy atom. The van der Waals surface area contributed by atoms with Crippen molar-refractivity contribution in [3.05, 3.63) is 64.9 Å². The Bertz CT molecular complexity index is 980. The molecule has 1 unspecified atom stereocenters. The van der Waals surface area contributed by atoms with Crippen LogP contribution in [0.1, 0.15) is 25.3 Å². The summed E-state index contributed by atoms with van der Waals surface area (Å²) in [6, 6.07) is 18.0. The zero-order valence-electron chi connectivity index (χ0n) is 16.7. The molecule has 0 aliphatic heterocycles. The summed E-state index contributed by atoms with van der Waals surface area (Å²) >= 11 is 5.35. The van der Waals surface area contributed by atoms with E-state index in [1.807, 2.05) is 54.0 Å². The summed E-state index contributed by atoms with van der Waals surface area (Å²) in [5.74, 6) is 1.50. The molecule has 29 heavy (non-hydrogen) atoms. The molecule has 7 heteroatoms. The molecule has 0 spiro atoms. The fraction of sp³-hybridized carbons (Fsp3) is 0.318. The van der Waals surface area contributed by atoms with Crippen molar-refractivity contribution in [2.75, 3.05) is 7.11 Å². The van der Waals surface area contributed by atoms with Crippen LogP contribution in [0, 0.1) is 4.77 Å². The molecule has 0 bridgehead atoms. The van der Waals surface area contributed by atoms with Gasteiger partial charge in [-0.2, -0.15) is 5.10 Å². The second-order valence-corrected chi connectivity index (χ2v) is 7.36. The maximum absolute atomic E-state index is 12.4. The first-order valence-corrected chi connectivity index (χ1v) is 10.1. The minimum Gasteiger partial charge on any atom is -0.497 e. The highest BCUT2D eigenvalue weighted by atomic mass is 32.1. The van der Waals surface area contributed by atoms with Gasteiger partial charge in [0.05, 0.1) is 7.11 Å². The number of ether oxygens (including phenoxy) is 1. The minimum atomic E-state index is 0.00865. The van der Waals surface area contributed by atoms with Gasteiger partial charge in [-0.1, -0.05) is 30.3 Å². The lowest BCUT2D eigenvalue weighted by atomic mass is 10.1. The Balaban J connectivity index is 1.54. The zero-order chi connectivity index (χ0) is 20.6. The fourth-order valence-corrected chi connectivity index (χ4v) is 3.37. The largest absolute Gasteiger partial charge is 0.497 e. The van der Waals surface area contributed by atoms with Gasteiger partial charge in [0.1, 0.15) is 5.75 Å². The molecule has 2 N–H and O–H groups in total. The van der Waals surface area contributed by atoms with Gasteiger partial charge < -0.3 is 10.1 Å². The number of nitrogens with one attached hydrogen (secondary N) is 2. The molecule has 3 rings (SSSR count). The topological polar surface area (TPSA) is 71.9 Å². The number of hydrogen-bond acceptors (Lipinski definition) is 4. The predicted octanol–water partition coefficient (Wildman–Crippen LogP) is 4.14. The van der Waals surface area contributed by atoms with E-state index in [4.69, 9.17) is 17.0 Å². The van der Waals surface area contributed by atoms with E-state index in [2.05, 4.69) is 27.6 Å². The molecule has 1 amide bonds. The molecule has 0 saturated carbocycles. The lowest BCUT2D eigenvalue weighted by Gasteiger charge is -2.14. The third-order valence-electron chi connectivity index (χ3n) is 4.79. The smallest absolute Gasteiger partial charge is 0.222 e. The monoisotopic (exact) mass is 410 g/mol. The quantitative estimate of drug-likeness (QED) is 0.520. The average Bonchev–Trinajstić information content (AvgIpc) is 3.12. The number of amides is 1. The fourth-order valence-electron chi connectivity index (χ4n) is 3.15. The molecule has 1 heterocycles. The highest BCUT2D eigenvalue weighted by Gasteiger charge is 2.12. The van der Waals surface area contributed by atoms with Crippen molar-refractivity contribution in [3.8, 4) is 17.1 Å². The molecule has 0 aliphatic rings. The van der Waals surface area contributed by atoms with Gasteiger partial charge in [-0.3, -0.25) is 14.5 Å². The molecule has 1 atom stereocenters. The molecule has 0 saturated heterocycles. The first kappa shape index (κ1) is 20.8. The minimum absolute atomic E-state index is 0.00865. The van der Waals surface area contributed by atoms with Crippen LogP contribution in [-0.4, -0.2) is 33.8 Å². The molecular weight excluding hydrogens is 384 g/mol. The lowest BCUT2D eigenvalue weighted by Crippen LogP contribution is -2.33. The van der Waals surface area contributed by atoms with Crippen LogP contribution in [0.5, 0.6) is 5.75 Å². The molecule has 3 aromatic rings. The van der Waals surface area contributed by atoms with E-state index in [0.717, 1.165) is 24.2 Å². The number of nitrogens with zero attached hydrogens (tertiary/aromatic N) is 2. The van der Waals surface area contributed by atoms with Gasteiger partial charge in [0.25, 0.3) is 0 Å². The van der Waals surface area contributed by atoms with Gasteiger partial charge in [-0.25, -0.2) is 0 Å². The zero-order valence-corrected chi connectivity index (χ0v) is 17.5. The Morgan fingerprint density at radius 2 is 1.93 bits per heavy atom. The van der Waals surface area contributed by atoms with Crippen molar-refractivity contribution >= 4 is 18.1 Å². The third kappa shape index (κ3) is 5.77. The summed E-state index contributed by atoms with van der Waals surface area (Å²) < 4.78 is 7.55. The van der Waals surface area contributed by atoms with Crippen LogP contribution < -0.4 is 10.1 Å². The van der Waals surface area contributed by atoms with Gasteiger partial charge in [-0.15, -0.1) is 0 Å². The number of rotatable bonds is 9. The second-order valence-electron chi connectivity index (χ2n) is 6.98. The van der Waals surface area contributed by atoms with Gasteiger partial charge >= 0.3 is 0 Å². The van der Waals surface area contributed by atoms with Gasteiger partial charge in [0.2, 0.25) is 5.91 Å². The summed E-state index contributed by atoms with van der Waals surface area (Å²) in [7, 11) is 1.63. The molecule has 0 radical (unpaired) electrons. The van der Waals surface area contributed by atoms with Crippen molar-refractivity contribution in [1.82, 2.24) is 20.1 Å². The number of carbonyl (C=O) groups is 1. The molecule has 0 aliphatic carbocycles.